The molecule has 0 saturated heterocycles. The molecular formula is C20H19NO4. The minimum absolute atomic E-state index is 0.0948. The van der Waals surface area contributed by atoms with Gasteiger partial charge in [0.1, 0.15) is 17.1 Å². The maximum atomic E-state index is 12.4. The number of amides is 1. The molecule has 3 rings (SSSR count). The molecule has 3 aromatic rings. The van der Waals surface area contributed by atoms with Crippen molar-refractivity contribution in [1.29, 1.82) is 0 Å². The van der Waals surface area contributed by atoms with E-state index in [0.717, 1.165) is 0 Å². The van der Waals surface area contributed by atoms with E-state index < -0.39 is 0 Å². The molecule has 0 aliphatic heterocycles. The van der Waals surface area contributed by atoms with E-state index in [2.05, 4.69) is 5.32 Å². The van der Waals surface area contributed by atoms with Crippen LogP contribution in [0.15, 0.2) is 57.7 Å². The van der Waals surface area contributed by atoms with Gasteiger partial charge in [0.15, 0.2) is 5.43 Å². The zero-order valence-corrected chi connectivity index (χ0v) is 14.3. The smallest absolute Gasteiger partial charge is 0.226 e. The molecule has 1 N–H and O–H groups in total. The fourth-order valence-electron chi connectivity index (χ4n) is 2.50. The van der Waals surface area contributed by atoms with Crippen LogP contribution in [0, 0.1) is 5.92 Å². The largest absolute Gasteiger partial charge is 0.496 e. The quantitative estimate of drug-likeness (QED) is 0.779. The SMILES string of the molecule is COc1ccccc1-c1cc(=O)c2ccc(NC(=O)C(C)C)cc2o1. The van der Waals surface area contributed by atoms with E-state index in [1.54, 1.807) is 31.4 Å². The number of benzene rings is 2. The monoisotopic (exact) mass is 337 g/mol. The van der Waals surface area contributed by atoms with Gasteiger partial charge in [0, 0.05) is 23.7 Å². The Labute approximate surface area is 145 Å². The maximum absolute atomic E-state index is 12.4. The van der Waals surface area contributed by atoms with Gasteiger partial charge in [0.2, 0.25) is 5.91 Å². The Morgan fingerprint density at radius 3 is 2.60 bits per heavy atom. The van der Waals surface area contributed by atoms with E-state index in [1.807, 2.05) is 32.0 Å². The van der Waals surface area contributed by atoms with Crippen molar-refractivity contribution in [3.05, 3.63) is 58.8 Å². The first-order chi connectivity index (χ1) is 12.0. The second-order valence-electron chi connectivity index (χ2n) is 6.03. The minimum Gasteiger partial charge on any atom is -0.496 e. The molecule has 0 bridgehead atoms. The summed E-state index contributed by atoms with van der Waals surface area (Å²) in [4.78, 5) is 24.3. The summed E-state index contributed by atoms with van der Waals surface area (Å²) in [6, 6.07) is 13.8. The number of hydrogen-bond acceptors (Lipinski definition) is 4. The number of anilines is 1. The number of ether oxygens (including phenoxy) is 1. The lowest BCUT2D eigenvalue weighted by atomic mass is 10.1. The second-order valence-corrected chi connectivity index (χ2v) is 6.03. The van der Waals surface area contributed by atoms with Gasteiger partial charge in [-0.2, -0.15) is 0 Å². The Morgan fingerprint density at radius 2 is 1.88 bits per heavy atom. The van der Waals surface area contributed by atoms with Gasteiger partial charge in [-0.05, 0) is 24.3 Å². The molecule has 0 aliphatic rings. The summed E-state index contributed by atoms with van der Waals surface area (Å²) in [6.07, 6.45) is 0. The summed E-state index contributed by atoms with van der Waals surface area (Å²) in [7, 11) is 1.57. The molecule has 1 amide bonds. The average molecular weight is 337 g/mol. The highest BCUT2D eigenvalue weighted by Gasteiger charge is 2.13. The fourth-order valence-corrected chi connectivity index (χ4v) is 2.50. The molecule has 0 spiro atoms. The Bertz CT molecular complexity index is 988. The summed E-state index contributed by atoms with van der Waals surface area (Å²) < 4.78 is 11.3. The number of fused-ring (bicyclic) bond motifs is 1. The summed E-state index contributed by atoms with van der Waals surface area (Å²) in [5.41, 5.74) is 1.55. The van der Waals surface area contributed by atoms with Gasteiger partial charge in [-0.15, -0.1) is 0 Å². The van der Waals surface area contributed by atoms with Crippen molar-refractivity contribution < 1.29 is 13.9 Å². The summed E-state index contributed by atoms with van der Waals surface area (Å²) in [5, 5.41) is 3.27. The molecule has 0 fully saturated rings. The standard InChI is InChI=1S/C20H19NO4/c1-12(2)20(23)21-13-8-9-14-16(22)11-19(25-18(14)10-13)15-6-4-5-7-17(15)24-3/h4-12H,1-3H3,(H,21,23). The third-order valence-corrected chi connectivity index (χ3v) is 3.89. The maximum Gasteiger partial charge on any atom is 0.226 e. The van der Waals surface area contributed by atoms with Crippen LogP contribution in [0.25, 0.3) is 22.3 Å². The first kappa shape index (κ1) is 16.8. The van der Waals surface area contributed by atoms with Gasteiger partial charge in [-0.3, -0.25) is 9.59 Å². The number of carbonyl (C=O) groups is 1. The third-order valence-electron chi connectivity index (χ3n) is 3.89. The van der Waals surface area contributed by atoms with Crippen molar-refractivity contribution in [2.75, 3.05) is 12.4 Å². The van der Waals surface area contributed by atoms with Crippen molar-refractivity contribution in [2.45, 2.75) is 13.8 Å². The lowest BCUT2D eigenvalue weighted by Gasteiger charge is -2.10. The number of methoxy groups -OCH3 is 1. The predicted molar refractivity (Wildman–Crippen MR) is 97.9 cm³/mol. The normalized spacial score (nSPS) is 10.9. The molecule has 5 heteroatoms. The van der Waals surface area contributed by atoms with E-state index in [9.17, 15) is 9.59 Å². The molecular weight excluding hydrogens is 318 g/mol. The van der Waals surface area contributed by atoms with Gasteiger partial charge in [0.05, 0.1) is 18.1 Å². The first-order valence-corrected chi connectivity index (χ1v) is 8.01. The molecule has 5 nitrogen and oxygen atoms in total. The Kier molecular flexibility index (Phi) is 4.57. The summed E-state index contributed by atoms with van der Waals surface area (Å²) >= 11 is 0. The molecule has 128 valence electrons. The van der Waals surface area contributed by atoms with Gasteiger partial charge >= 0.3 is 0 Å². The molecule has 0 atom stereocenters. The van der Waals surface area contributed by atoms with Crippen molar-refractivity contribution in [1.82, 2.24) is 0 Å². The zero-order chi connectivity index (χ0) is 18.0. The van der Waals surface area contributed by atoms with E-state index in [0.29, 0.717) is 33.7 Å². The molecule has 0 aliphatic carbocycles. The van der Waals surface area contributed by atoms with Crippen LogP contribution in [0.5, 0.6) is 5.75 Å². The Balaban J connectivity index is 2.10. The van der Waals surface area contributed by atoms with Gasteiger partial charge < -0.3 is 14.5 Å². The van der Waals surface area contributed by atoms with Crippen LogP contribution < -0.4 is 15.5 Å². The van der Waals surface area contributed by atoms with Crippen molar-refractivity contribution in [3.8, 4) is 17.1 Å². The fraction of sp³-hybridized carbons (Fsp3) is 0.200. The molecule has 0 radical (unpaired) electrons. The van der Waals surface area contributed by atoms with E-state index >= 15 is 0 Å². The van der Waals surface area contributed by atoms with Crippen LogP contribution in [0.4, 0.5) is 5.69 Å². The highest BCUT2D eigenvalue weighted by Crippen LogP contribution is 2.31. The molecule has 25 heavy (non-hydrogen) atoms. The topological polar surface area (TPSA) is 68.5 Å². The van der Waals surface area contributed by atoms with Crippen LogP contribution in [0.1, 0.15) is 13.8 Å². The number of para-hydroxylation sites is 1. The lowest BCUT2D eigenvalue weighted by molar-refractivity contribution is -0.118. The van der Waals surface area contributed by atoms with Gasteiger partial charge in [0.25, 0.3) is 0 Å². The van der Waals surface area contributed by atoms with Crippen molar-refractivity contribution >= 4 is 22.6 Å². The van der Waals surface area contributed by atoms with Crippen LogP contribution in [0.3, 0.4) is 0 Å². The zero-order valence-electron chi connectivity index (χ0n) is 14.3. The van der Waals surface area contributed by atoms with Crippen LogP contribution in [-0.2, 0) is 4.79 Å². The van der Waals surface area contributed by atoms with Crippen LogP contribution >= 0.6 is 0 Å². The van der Waals surface area contributed by atoms with Crippen molar-refractivity contribution in [2.24, 2.45) is 5.92 Å². The number of rotatable bonds is 4. The first-order valence-electron chi connectivity index (χ1n) is 8.01. The van der Waals surface area contributed by atoms with Gasteiger partial charge in [-0.1, -0.05) is 26.0 Å². The van der Waals surface area contributed by atoms with Crippen LogP contribution in [-0.4, -0.2) is 13.0 Å². The van der Waals surface area contributed by atoms with Crippen LogP contribution in [0.2, 0.25) is 0 Å². The molecule has 1 heterocycles. The van der Waals surface area contributed by atoms with Crippen molar-refractivity contribution in [3.63, 3.8) is 0 Å². The highest BCUT2D eigenvalue weighted by molar-refractivity contribution is 5.94. The number of carbonyl (C=O) groups excluding carboxylic acids is 1. The lowest BCUT2D eigenvalue weighted by Crippen LogP contribution is -2.17. The summed E-state index contributed by atoms with van der Waals surface area (Å²) in [5.74, 6) is 0.807. The highest BCUT2D eigenvalue weighted by atomic mass is 16.5. The third kappa shape index (κ3) is 3.40. The van der Waals surface area contributed by atoms with E-state index in [-0.39, 0.29) is 17.3 Å². The average Bonchev–Trinajstić information content (AvgIpc) is 2.61. The second kappa shape index (κ2) is 6.81. The Morgan fingerprint density at radius 1 is 1.12 bits per heavy atom. The Hall–Kier alpha value is -3.08. The molecule has 0 saturated carbocycles. The molecule has 1 aromatic heterocycles. The summed E-state index contributed by atoms with van der Waals surface area (Å²) in [6.45, 7) is 3.63. The molecule has 2 aromatic carbocycles. The number of nitrogens with one attached hydrogen (secondary N) is 1. The minimum atomic E-state index is -0.149. The number of hydrogen-bond donors (Lipinski definition) is 1. The van der Waals surface area contributed by atoms with Gasteiger partial charge in [-0.25, -0.2) is 0 Å². The molecule has 0 unspecified atom stereocenters. The van der Waals surface area contributed by atoms with E-state index in [1.165, 1.54) is 6.07 Å². The van der Waals surface area contributed by atoms with E-state index in [4.69, 9.17) is 9.15 Å². The predicted octanol–water partition coefficient (Wildman–Crippen LogP) is 4.06.